The molecule has 0 aliphatic heterocycles. The number of methoxy groups -OCH3 is 1. The molecule has 0 aliphatic carbocycles. The summed E-state index contributed by atoms with van der Waals surface area (Å²) >= 11 is 11.9. The second kappa shape index (κ2) is 8.61. The van der Waals surface area contributed by atoms with Crippen LogP contribution >= 0.6 is 23.2 Å². The Balaban J connectivity index is 2.33. The van der Waals surface area contributed by atoms with E-state index in [2.05, 4.69) is 5.32 Å². The second-order valence-corrected chi connectivity index (χ2v) is 5.10. The van der Waals surface area contributed by atoms with Gasteiger partial charge in [0.1, 0.15) is 0 Å². The van der Waals surface area contributed by atoms with Gasteiger partial charge in [0.25, 0.3) is 0 Å². The average molecular weight is 308 g/mol. The molecule has 0 heterocycles. The van der Waals surface area contributed by atoms with Gasteiger partial charge in [0.15, 0.2) is 0 Å². The summed E-state index contributed by atoms with van der Waals surface area (Å²) in [7, 11) is 1.61. The largest absolute Gasteiger partial charge is 0.389 e. The maximum absolute atomic E-state index is 9.78. The van der Waals surface area contributed by atoms with Crippen molar-refractivity contribution in [1.82, 2.24) is 0 Å². The number of ether oxygens (including phenoxy) is 2. The summed E-state index contributed by atoms with van der Waals surface area (Å²) in [6.07, 6.45) is -0.677. The van der Waals surface area contributed by atoms with Crippen molar-refractivity contribution in [3.05, 3.63) is 28.2 Å². The smallest absolute Gasteiger partial charge is 0.0945 e. The molecule has 1 rings (SSSR count). The van der Waals surface area contributed by atoms with E-state index in [1.807, 2.05) is 6.92 Å². The van der Waals surface area contributed by atoms with Crippen molar-refractivity contribution in [3.63, 3.8) is 0 Å². The Morgan fingerprint density at radius 1 is 1.32 bits per heavy atom. The number of aliphatic hydroxyl groups excluding tert-OH is 1. The fourth-order valence-corrected chi connectivity index (χ4v) is 1.83. The normalized spacial score (nSPS) is 14.2. The van der Waals surface area contributed by atoms with Crippen LogP contribution in [0.3, 0.4) is 0 Å². The first-order valence-corrected chi connectivity index (χ1v) is 6.76. The number of rotatable bonds is 8. The molecule has 0 bridgehead atoms. The zero-order chi connectivity index (χ0) is 14.3. The first kappa shape index (κ1) is 16.5. The summed E-state index contributed by atoms with van der Waals surface area (Å²) in [6.45, 7) is 2.95. The average Bonchev–Trinajstić information content (AvgIpc) is 2.38. The van der Waals surface area contributed by atoms with Gasteiger partial charge in [-0.25, -0.2) is 0 Å². The molecular weight excluding hydrogens is 289 g/mol. The van der Waals surface area contributed by atoms with Crippen molar-refractivity contribution in [2.24, 2.45) is 0 Å². The standard InChI is InChI=1S/C13H19Cl2NO3/c1-9(7-18-2)19-8-11(17)6-16-13-5-10(14)3-4-12(13)15/h3-5,9,11,16-17H,6-8H2,1-2H3. The minimum absolute atomic E-state index is 0.0468. The van der Waals surface area contributed by atoms with Gasteiger partial charge in [-0.2, -0.15) is 0 Å². The van der Waals surface area contributed by atoms with E-state index in [0.717, 1.165) is 0 Å². The molecule has 1 aromatic rings. The maximum Gasteiger partial charge on any atom is 0.0945 e. The Labute approximate surface area is 123 Å². The highest BCUT2D eigenvalue weighted by Crippen LogP contribution is 2.25. The Hall–Kier alpha value is -0.520. The van der Waals surface area contributed by atoms with Crippen molar-refractivity contribution in [2.45, 2.75) is 19.1 Å². The summed E-state index contributed by atoms with van der Waals surface area (Å²) in [5.74, 6) is 0. The van der Waals surface area contributed by atoms with Crippen molar-refractivity contribution in [1.29, 1.82) is 0 Å². The minimum atomic E-state index is -0.630. The molecule has 2 unspecified atom stereocenters. The van der Waals surface area contributed by atoms with Crippen LogP contribution in [-0.4, -0.2) is 44.2 Å². The van der Waals surface area contributed by atoms with E-state index in [1.54, 1.807) is 25.3 Å². The Kier molecular flexibility index (Phi) is 7.49. The first-order valence-electron chi connectivity index (χ1n) is 6.00. The molecule has 0 radical (unpaired) electrons. The molecule has 6 heteroatoms. The highest BCUT2D eigenvalue weighted by Gasteiger charge is 2.09. The number of hydrogen-bond acceptors (Lipinski definition) is 4. The van der Waals surface area contributed by atoms with Crippen molar-refractivity contribution < 1.29 is 14.6 Å². The molecule has 0 saturated carbocycles. The third-order valence-electron chi connectivity index (χ3n) is 2.43. The van der Waals surface area contributed by atoms with Gasteiger partial charge in [0.2, 0.25) is 0 Å². The van der Waals surface area contributed by atoms with Gasteiger partial charge in [-0.05, 0) is 25.1 Å². The number of halogens is 2. The summed E-state index contributed by atoms with van der Waals surface area (Å²) in [5, 5.41) is 14.0. The van der Waals surface area contributed by atoms with Gasteiger partial charge in [0.05, 0.1) is 36.1 Å². The third-order valence-corrected chi connectivity index (χ3v) is 3.00. The van der Waals surface area contributed by atoms with Gasteiger partial charge < -0.3 is 19.9 Å². The molecule has 0 spiro atoms. The second-order valence-electron chi connectivity index (χ2n) is 4.26. The van der Waals surface area contributed by atoms with Gasteiger partial charge in [-0.15, -0.1) is 0 Å². The minimum Gasteiger partial charge on any atom is -0.389 e. The van der Waals surface area contributed by atoms with E-state index in [-0.39, 0.29) is 12.7 Å². The van der Waals surface area contributed by atoms with Crippen LogP contribution in [0.4, 0.5) is 5.69 Å². The molecule has 4 nitrogen and oxygen atoms in total. The summed E-state index contributed by atoms with van der Waals surface area (Å²) in [4.78, 5) is 0. The monoisotopic (exact) mass is 307 g/mol. The highest BCUT2D eigenvalue weighted by atomic mass is 35.5. The van der Waals surface area contributed by atoms with E-state index in [4.69, 9.17) is 32.7 Å². The van der Waals surface area contributed by atoms with Gasteiger partial charge in [-0.1, -0.05) is 23.2 Å². The third kappa shape index (κ3) is 6.45. The van der Waals surface area contributed by atoms with E-state index in [9.17, 15) is 5.11 Å². The molecule has 19 heavy (non-hydrogen) atoms. The fraction of sp³-hybridized carbons (Fsp3) is 0.538. The quantitative estimate of drug-likeness (QED) is 0.775. The lowest BCUT2D eigenvalue weighted by Gasteiger charge is -2.17. The van der Waals surface area contributed by atoms with Crippen LogP contribution in [0.15, 0.2) is 18.2 Å². The summed E-state index contributed by atoms with van der Waals surface area (Å²) in [5.41, 5.74) is 0.693. The molecule has 0 fully saturated rings. The molecule has 0 aliphatic rings. The van der Waals surface area contributed by atoms with Crippen molar-refractivity contribution >= 4 is 28.9 Å². The topological polar surface area (TPSA) is 50.7 Å². The van der Waals surface area contributed by atoms with Gasteiger partial charge in [0, 0.05) is 18.7 Å². The molecule has 0 aromatic heterocycles. The van der Waals surface area contributed by atoms with Crippen LogP contribution in [0.25, 0.3) is 0 Å². The van der Waals surface area contributed by atoms with Crippen LogP contribution < -0.4 is 5.32 Å². The Bertz CT molecular complexity index is 390. The lowest BCUT2D eigenvalue weighted by molar-refractivity contribution is -0.0282. The molecule has 0 saturated heterocycles. The van der Waals surface area contributed by atoms with Gasteiger partial charge in [-0.3, -0.25) is 0 Å². The lowest BCUT2D eigenvalue weighted by atomic mass is 10.3. The number of benzene rings is 1. The molecule has 2 N–H and O–H groups in total. The predicted molar refractivity (Wildman–Crippen MR) is 78.2 cm³/mol. The van der Waals surface area contributed by atoms with Crippen LogP contribution in [0.5, 0.6) is 0 Å². The predicted octanol–water partition coefficient (Wildman–Crippen LogP) is 2.82. The van der Waals surface area contributed by atoms with E-state index in [0.29, 0.717) is 28.9 Å². The number of nitrogens with one attached hydrogen (secondary N) is 1. The van der Waals surface area contributed by atoms with Crippen molar-refractivity contribution in [2.75, 3.05) is 32.2 Å². The number of hydrogen-bond donors (Lipinski definition) is 2. The molecule has 108 valence electrons. The molecule has 2 atom stereocenters. The van der Waals surface area contributed by atoms with E-state index >= 15 is 0 Å². The van der Waals surface area contributed by atoms with E-state index in [1.165, 1.54) is 0 Å². The zero-order valence-corrected chi connectivity index (χ0v) is 12.5. The number of aliphatic hydroxyl groups is 1. The molecule has 0 amide bonds. The Morgan fingerprint density at radius 3 is 2.74 bits per heavy atom. The fourth-order valence-electron chi connectivity index (χ4n) is 1.48. The Morgan fingerprint density at radius 2 is 2.05 bits per heavy atom. The molecular formula is C13H19Cl2NO3. The van der Waals surface area contributed by atoms with Crippen LogP contribution in [0, 0.1) is 0 Å². The SMILES string of the molecule is COCC(C)OCC(O)CNc1cc(Cl)ccc1Cl. The first-order chi connectivity index (χ1) is 9.02. The molecule has 1 aromatic carbocycles. The summed E-state index contributed by atoms with van der Waals surface area (Å²) in [6, 6.07) is 5.13. The van der Waals surface area contributed by atoms with Crippen molar-refractivity contribution in [3.8, 4) is 0 Å². The maximum atomic E-state index is 9.78. The van der Waals surface area contributed by atoms with Crippen LogP contribution in [0.2, 0.25) is 10.0 Å². The van der Waals surface area contributed by atoms with Crippen LogP contribution in [0.1, 0.15) is 6.92 Å². The summed E-state index contributed by atoms with van der Waals surface area (Å²) < 4.78 is 10.4. The van der Waals surface area contributed by atoms with Crippen LogP contribution in [-0.2, 0) is 9.47 Å². The highest BCUT2D eigenvalue weighted by molar-refractivity contribution is 6.35. The van der Waals surface area contributed by atoms with Gasteiger partial charge >= 0.3 is 0 Å². The number of anilines is 1. The lowest BCUT2D eigenvalue weighted by Crippen LogP contribution is -2.28. The van der Waals surface area contributed by atoms with E-state index < -0.39 is 6.10 Å². The zero-order valence-electron chi connectivity index (χ0n) is 11.0.